The van der Waals surface area contributed by atoms with E-state index in [0.717, 1.165) is 20.0 Å². The topological polar surface area (TPSA) is 38.9 Å². The average Bonchev–Trinajstić information content (AvgIpc) is 2.96. The van der Waals surface area contributed by atoms with Gasteiger partial charge in [0.15, 0.2) is 0 Å². The van der Waals surface area contributed by atoms with Crippen molar-refractivity contribution in [3.63, 3.8) is 0 Å². The fourth-order valence-electron chi connectivity index (χ4n) is 1.70. The largest absolute Gasteiger partial charge is 0.420 e. The van der Waals surface area contributed by atoms with Crippen molar-refractivity contribution in [2.45, 2.75) is 10.6 Å². The van der Waals surface area contributed by atoms with E-state index in [1.165, 1.54) is 0 Å². The van der Waals surface area contributed by atoms with Crippen LogP contribution in [0.5, 0.6) is 0 Å². The van der Waals surface area contributed by atoms with Gasteiger partial charge in [0.1, 0.15) is 0 Å². The normalized spacial score (nSPS) is 10.8. The van der Waals surface area contributed by atoms with Gasteiger partial charge < -0.3 is 4.42 Å². The number of rotatable bonds is 4. The monoisotopic (exact) mass is 380 g/mol. The van der Waals surface area contributed by atoms with Gasteiger partial charge in [-0.3, -0.25) is 0 Å². The van der Waals surface area contributed by atoms with Crippen LogP contribution in [0.4, 0.5) is 0 Å². The van der Waals surface area contributed by atoms with Gasteiger partial charge in [0.25, 0.3) is 0 Å². The summed E-state index contributed by atoms with van der Waals surface area (Å²) in [5, 5.41) is 8.88. The minimum absolute atomic E-state index is 0.536. The molecule has 21 heavy (non-hydrogen) atoms. The Labute approximate surface area is 139 Å². The van der Waals surface area contributed by atoms with Crippen molar-refractivity contribution in [3.05, 3.63) is 63.9 Å². The molecule has 2 aromatic carbocycles. The lowest BCUT2D eigenvalue weighted by Crippen LogP contribution is -1.80. The van der Waals surface area contributed by atoms with E-state index < -0.39 is 0 Å². The van der Waals surface area contributed by atoms with Gasteiger partial charge in [-0.05, 0) is 48.5 Å². The van der Waals surface area contributed by atoms with E-state index >= 15 is 0 Å². The molecule has 0 spiro atoms. The van der Waals surface area contributed by atoms with Gasteiger partial charge in [-0.1, -0.05) is 27.5 Å². The van der Waals surface area contributed by atoms with Gasteiger partial charge in [0.2, 0.25) is 11.8 Å². The van der Waals surface area contributed by atoms with E-state index in [4.69, 9.17) is 16.0 Å². The highest BCUT2D eigenvalue weighted by Crippen LogP contribution is 2.26. The van der Waals surface area contributed by atoms with Gasteiger partial charge in [-0.15, -0.1) is 22.0 Å². The lowest BCUT2D eigenvalue weighted by molar-refractivity contribution is 0.528. The highest BCUT2D eigenvalue weighted by Gasteiger charge is 2.08. The summed E-state index contributed by atoms with van der Waals surface area (Å²) in [4.78, 5) is 1.11. The molecule has 1 heterocycles. The molecule has 3 rings (SSSR count). The lowest BCUT2D eigenvalue weighted by atomic mass is 10.2. The van der Waals surface area contributed by atoms with E-state index in [1.54, 1.807) is 11.8 Å². The zero-order valence-electron chi connectivity index (χ0n) is 10.8. The minimum Gasteiger partial charge on any atom is -0.420 e. The fourth-order valence-corrected chi connectivity index (χ4v) is 2.82. The van der Waals surface area contributed by atoms with Crippen molar-refractivity contribution in [2.75, 3.05) is 0 Å². The van der Waals surface area contributed by atoms with Crippen LogP contribution in [0, 0.1) is 0 Å². The molecule has 3 aromatic rings. The summed E-state index contributed by atoms with van der Waals surface area (Å²) in [6, 6.07) is 15.4. The van der Waals surface area contributed by atoms with Crippen LogP contribution >= 0.6 is 39.3 Å². The van der Waals surface area contributed by atoms with Crippen molar-refractivity contribution in [2.24, 2.45) is 0 Å². The first-order chi connectivity index (χ1) is 10.2. The molecule has 1 aromatic heterocycles. The van der Waals surface area contributed by atoms with E-state index in [0.29, 0.717) is 17.5 Å². The minimum atomic E-state index is 0.536. The van der Waals surface area contributed by atoms with Gasteiger partial charge in [0.05, 0.1) is 5.75 Å². The fraction of sp³-hybridized carbons (Fsp3) is 0.0667. The number of hydrogen-bond acceptors (Lipinski definition) is 4. The van der Waals surface area contributed by atoms with Crippen LogP contribution < -0.4 is 0 Å². The second-order valence-electron chi connectivity index (χ2n) is 4.25. The maximum absolute atomic E-state index is 5.86. The molecule has 6 heteroatoms. The van der Waals surface area contributed by atoms with Crippen LogP contribution in [0.25, 0.3) is 11.5 Å². The molecule has 0 amide bonds. The molecular formula is C15H10BrClN2OS. The molecule has 0 saturated heterocycles. The molecule has 0 saturated carbocycles. The summed E-state index contributed by atoms with van der Waals surface area (Å²) >= 11 is 10.9. The van der Waals surface area contributed by atoms with E-state index in [1.807, 2.05) is 48.5 Å². The van der Waals surface area contributed by atoms with Crippen LogP contribution in [0.3, 0.4) is 0 Å². The first-order valence-corrected chi connectivity index (χ1v) is 8.33. The van der Waals surface area contributed by atoms with Crippen LogP contribution in [-0.2, 0) is 5.75 Å². The molecule has 0 unspecified atom stereocenters. The molecule has 0 aliphatic rings. The Bertz CT molecular complexity index is 728. The summed E-state index contributed by atoms with van der Waals surface area (Å²) in [5.74, 6) is 1.77. The van der Waals surface area contributed by atoms with Crippen molar-refractivity contribution in [3.8, 4) is 11.5 Å². The number of halogens is 2. The first-order valence-electron chi connectivity index (χ1n) is 6.17. The second-order valence-corrected chi connectivity index (χ2v) is 6.65. The van der Waals surface area contributed by atoms with Gasteiger partial charge in [-0.2, -0.15) is 0 Å². The Morgan fingerprint density at radius 1 is 1.00 bits per heavy atom. The standard InChI is InChI=1S/C15H10BrClN2OS/c16-11-3-1-10(2-4-11)15-19-18-14(20-15)9-21-13-7-5-12(17)6-8-13/h1-8H,9H2. The zero-order chi connectivity index (χ0) is 14.7. The number of aromatic nitrogens is 2. The maximum Gasteiger partial charge on any atom is 0.247 e. The summed E-state index contributed by atoms with van der Waals surface area (Å²) in [6.45, 7) is 0. The third-order valence-corrected chi connectivity index (χ3v) is 4.51. The smallest absolute Gasteiger partial charge is 0.247 e. The highest BCUT2D eigenvalue weighted by atomic mass is 79.9. The van der Waals surface area contributed by atoms with Crippen LogP contribution in [-0.4, -0.2) is 10.2 Å². The van der Waals surface area contributed by atoms with Crippen LogP contribution in [0.2, 0.25) is 5.02 Å². The second kappa shape index (κ2) is 6.64. The third-order valence-electron chi connectivity index (χ3n) is 2.73. The van der Waals surface area contributed by atoms with Crippen LogP contribution in [0.15, 0.2) is 62.3 Å². The summed E-state index contributed by atoms with van der Waals surface area (Å²) in [6.07, 6.45) is 0. The molecule has 0 aliphatic heterocycles. The zero-order valence-corrected chi connectivity index (χ0v) is 14.0. The van der Waals surface area contributed by atoms with Crippen molar-refractivity contribution < 1.29 is 4.42 Å². The molecule has 0 radical (unpaired) electrons. The molecule has 3 nitrogen and oxygen atoms in total. The number of thioether (sulfide) groups is 1. The third kappa shape index (κ3) is 3.87. The highest BCUT2D eigenvalue weighted by molar-refractivity contribution is 9.10. The number of hydrogen-bond donors (Lipinski definition) is 0. The molecule has 0 atom stereocenters. The Morgan fingerprint density at radius 3 is 2.43 bits per heavy atom. The summed E-state index contributed by atoms with van der Waals surface area (Å²) in [5.41, 5.74) is 0.911. The van der Waals surface area contributed by atoms with Crippen molar-refractivity contribution in [1.82, 2.24) is 10.2 Å². The predicted octanol–water partition coefficient (Wildman–Crippen LogP) is 5.44. The Kier molecular flexibility index (Phi) is 4.63. The van der Waals surface area contributed by atoms with E-state index in [2.05, 4.69) is 26.1 Å². The Hall–Kier alpha value is -1.30. The molecular weight excluding hydrogens is 372 g/mol. The first kappa shape index (κ1) is 14.6. The number of nitrogens with zero attached hydrogens (tertiary/aromatic N) is 2. The van der Waals surface area contributed by atoms with Gasteiger partial charge >= 0.3 is 0 Å². The van der Waals surface area contributed by atoms with E-state index in [-0.39, 0.29) is 0 Å². The van der Waals surface area contributed by atoms with E-state index in [9.17, 15) is 0 Å². The summed E-state index contributed by atoms with van der Waals surface area (Å²) in [7, 11) is 0. The molecule has 0 N–H and O–H groups in total. The quantitative estimate of drug-likeness (QED) is 0.564. The maximum atomic E-state index is 5.86. The SMILES string of the molecule is Clc1ccc(SCc2nnc(-c3ccc(Br)cc3)o2)cc1. The lowest BCUT2D eigenvalue weighted by Gasteiger charge is -1.98. The summed E-state index contributed by atoms with van der Waals surface area (Å²) < 4.78 is 6.69. The Balaban J connectivity index is 1.67. The van der Waals surface area contributed by atoms with Gasteiger partial charge in [-0.25, -0.2) is 0 Å². The number of benzene rings is 2. The molecule has 106 valence electrons. The average molecular weight is 382 g/mol. The molecule has 0 fully saturated rings. The van der Waals surface area contributed by atoms with Crippen LogP contribution in [0.1, 0.15) is 5.89 Å². The Morgan fingerprint density at radius 2 is 1.71 bits per heavy atom. The predicted molar refractivity (Wildman–Crippen MR) is 88.4 cm³/mol. The molecule has 0 aliphatic carbocycles. The van der Waals surface area contributed by atoms with Crippen molar-refractivity contribution >= 4 is 39.3 Å². The molecule has 0 bridgehead atoms. The van der Waals surface area contributed by atoms with Gasteiger partial charge in [0, 0.05) is 20.0 Å². The van der Waals surface area contributed by atoms with Crippen molar-refractivity contribution in [1.29, 1.82) is 0 Å².